The van der Waals surface area contributed by atoms with E-state index < -0.39 is 0 Å². The number of carbonyl (C=O) groups excluding carboxylic acids is 1. The van der Waals surface area contributed by atoms with Gasteiger partial charge in [0, 0.05) is 13.2 Å². The lowest BCUT2D eigenvalue weighted by atomic mass is 10.3. The van der Waals surface area contributed by atoms with E-state index in [9.17, 15) is 4.79 Å². The Morgan fingerprint density at radius 1 is 1.62 bits per heavy atom. The number of nitrogens with one attached hydrogen (secondary N) is 2. The Morgan fingerprint density at radius 3 is 3.08 bits per heavy atom. The molecule has 1 unspecified atom stereocenters. The van der Waals surface area contributed by atoms with Crippen LogP contribution in [0.25, 0.3) is 0 Å². The first-order valence-electron chi connectivity index (χ1n) is 4.65. The Labute approximate surface area is 78.0 Å². The van der Waals surface area contributed by atoms with E-state index in [4.69, 9.17) is 10.5 Å². The monoisotopic (exact) mass is 187 g/mol. The first-order valence-corrected chi connectivity index (χ1v) is 4.65. The first kappa shape index (κ1) is 10.3. The van der Waals surface area contributed by atoms with Gasteiger partial charge in [0.25, 0.3) is 0 Å². The van der Waals surface area contributed by atoms with Crippen LogP contribution in [0.5, 0.6) is 0 Å². The van der Waals surface area contributed by atoms with Gasteiger partial charge < -0.3 is 21.1 Å². The molecule has 1 aliphatic rings. The molecule has 1 fully saturated rings. The highest BCUT2D eigenvalue weighted by Gasteiger charge is 2.16. The van der Waals surface area contributed by atoms with Gasteiger partial charge in [0.05, 0.1) is 12.6 Å². The zero-order valence-electron chi connectivity index (χ0n) is 7.71. The number of nitrogens with two attached hydrogens (primary N) is 1. The van der Waals surface area contributed by atoms with Crippen molar-refractivity contribution in [3.8, 4) is 0 Å². The van der Waals surface area contributed by atoms with Crippen LogP contribution in [-0.2, 0) is 4.74 Å². The number of hydrogen-bond donors (Lipinski definition) is 3. The number of hydrogen-bond acceptors (Lipinski definition) is 3. The van der Waals surface area contributed by atoms with Gasteiger partial charge in [-0.3, -0.25) is 0 Å². The van der Waals surface area contributed by atoms with Crippen LogP contribution in [0.1, 0.15) is 12.8 Å². The molecule has 0 aromatic rings. The summed E-state index contributed by atoms with van der Waals surface area (Å²) in [4.78, 5) is 11.2. The van der Waals surface area contributed by atoms with Crippen LogP contribution in [0.3, 0.4) is 0 Å². The second-order valence-corrected chi connectivity index (χ2v) is 3.10. The van der Waals surface area contributed by atoms with Gasteiger partial charge in [0.1, 0.15) is 0 Å². The standard InChI is InChI=1S/C8H17N3O2/c9-3-1-4-10-8(12)11-7-2-5-13-6-7/h7H,1-6,9H2,(H2,10,11,12). The van der Waals surface area contributed by atoms with Gasteiger partial charge in [-0.2, -0.15) is 0 Å². The molecule has 1 rings (SSSR count). The molecular formula is C8H17N3O2. The van der Waals surface area contributed by atoms with Crippen molar-refractivity contribution >= 4 is 6.03 Å². The van der Waals surface area contributed by atoms with Gasteiger partial charge in [0.2, 0.25) is 0 Å². The molecule has 0 spiro atoms. The summed E-state index contributed by atoms with van der Waals surface area (Å²) in [6.07, 6.45) is 1.72. The fourth-order valence-corrected chi connectivity index (χ4v) is 1.19. The maximum Gasteiger partial charge on any atom is 0.315 e. The smallest absolute Gasteiger partial charge is 0.315 e. The summed E-state index contributed by atoms with van der Waals surface area (Å²) in [5.41, 5.74) is 5.29. The third-order valence-corrected chi connectivity index (χ3v) is 1.93. The molecule has 1 atom stereocenters. The van der Waals surface area contributed by atoms with Gasteiger partial charge in [-0.05, 0) is 19.4 Å². The minimum absolute atomic E-state index is 0.121. The molecule has 5 heteroatoms. The van der Waals surface area contributed by atoms with Crippen molar-refractivity contribution in [2.75, 3.05) is 26.3 Å². The third kappa shape index (κ3) is 4.10. The highest BCUT2D eigenvalue weighted by atomic mass is 16.5. The number of rotatable bonds is 4. The average molecular weight is 187 g/mol. The van der Waals surface area contributed by atoms with Crippen LogP contribution in [0, 0.1) is 0 Å². The molecule has 4 N–H and O–H groups in total. The highest BCUT2D eigenvalue weighted by Crippen LogP contribution is 2.02. The molecule has 5 nitrogen and oxygen atoms in total. The summed E-state index contributed by atoms with van der Waals surface area (Å²) in [5, 5.41) is 5.55. The number of carbonyl (C=O) groups is 1. The topological polar surface area (TPSA) is 76.4 Å². The van der Waals surface area contributed by atoms with E-state index in [0.717, 1.165) is 19.4 Å². The quantitative estimate of drug-likeness (QED) is 0.515. The van der Waals surface area contributed by atoms with E-state index in [1.165, 1.54) is 0 Å². The van der Waals surface area contributed by atoms with Crippen molar-refractivity contribution in [2.45, 2.75) is 18.9 Å². The van der Waals surface area contributed by atoms with Gasteiger partial charge in [-0.25, -0.2) is 4.79 Å². The molecule has 0 bridgehead atoms. The Kier molecular flexibility index (Phi) is 4.56. The lowest BCUT2D eigenvalue weighted by Gasteiger charge is -2.11. The van der Waals surface area contributed by atoms with Crippen molar-refractivity contribution in [2.24, 2.45) is 5.73 Å². The van der Waals surface area contributed by atoms with E-state index in [0.29, 0.717) is 19.7 Å². The minimum Gasteiger partial charge on any atom is -0.379 e. The summed E-state index contributed by atoms with van der Waals surface area (Å²) in [5.74, 6) is 0. The van der Waals surface area contributed by atoms with E-state index in [2.05, 4.69) is 10.6 Å². The van der Waals surface area contributed by atoms with Crippen molar-refractivity contribution in [3.05, 3.63) is 0 Å². The third-order valence-electron chi connectivity index (χ3n) is 1.93. The maximum atomic E-state index is 11.2. The van der Waals surface area contributed by atoms with Gasteiger partial charge in [0.15, 0.2) is 0 Å². The zero-order valence-corrected chi connectivity index (χ0v) is 7.71. The Balaban J connectivity index is 2.02. The van der Waals surface area contributed by atoms with Crippen LogP contribution in [0.15, 0.2) is 0 Å². The molecule has 0 saturated carbocycles. The molecule has 2 amide bonds. The maximum absolute atomic E-state index is 11.2. The number of ether oxygens (including phenoxy) is 1. The highest BCUT2D eigenvalue weighted by molar-refractivity contribution is 5.74. The molecule has 0 aliphatic carbocycles. The molecule has 1 aliphatic heterocycles. The van der Waals surface area contributed by atoms with Crippen molar-refractivity contribution in [3.63, 3.8) is 0 Å². The minimum atomic E-state index is -0.121. The predicted octanol–water partition coefficient (Wildman–Crippen LogP) is -0.577. The number of urea groups is 1. The van der Waals surface area contributed by atoms with Crippen LogP contribution < -0.4 is 16.4 Å². The van der Waals surface area contributed by atoms with Gasteiger partial charge in [-0.1, -0.05) is 0 Å². The van der Waals surface area contributed by atoms with Crippen LogP contribution >= 0.6 is 0 Å². The largest absolute Gasteiger partial charge is 0.379 e. The van der Waals surface area contributed by atoms with E-state index in [1.807, 2.05) is 0 Å². The summed E-state index contributed by atoms with van der Waals surface area (Å²) >= 11 is 0. The SMILES string of the molecule is NCCCNC(=O)NC1CCOC1. The first-order chi connectivity index (χ1) is 6.33. The fraction of sp³-hybridized carbons (Fsp3) is 0.875. The average Bonchev–Trinajstić information content (AvgIpc) is 2.57. The summed E-state index contributed by atoms with van der Waals surface area (Å²) in [6, 6.07) is 0.0572. The lowest BCUT2D eigenvalue weighted by molar-refractivity contribution is 0.188. The molecule has 0 aromatic carbocycles. The van der Waals surface area contributed by atoms with Gasteiger partial charge >= 0.3 is 6.03 Å². The molecular weight excluding hydrogens is 170 g/mol. The van der Waals surface area contributed by atoms with E-state index in [1.54, 1.807) is 0 Å². The zero-order chi connectivity index (χ0) is 9.52. The molecule has 76 valence electrons. The normalized spacial score (nSPS) is 21.5. The second-order valence-electron chi connectivity index (χ2n) is 3.10. The molecule has 0 radical (unpaired) electrons. The number of amides is 2. The lowest BCUT2D eigenvalue weighted by Crippen LogP contribution is -2.42. The molecule has 1 saturated heterocycles. The summed E-state index contributed by atoms with van der Waals surface area (Å²) in [6.45, 7) is 2.61. The van der Waals surface area contributed by atoms with Gasteiger partial charge in [-0.15, -0.1) is 0 Å². The van der Waals surface area contributed by atoms with Crippen LogP contribution in [0.2, 0.25) is 0 Å². The van der Waals surface area contributed by atoms with E-state index in [-0.39, 0.29) is 12.1 Å². The van der Waals surface area contributed by atoms with Crippen molar-refractivity contribution < 1.29 is 9.53 Å². The molecule has 0 aromatic heterocycles. The van der Waals surface area contributed by atoms with Crippen LogP contribution in [-0.4, -0.2) is 38.4 Å². The summed E-state index contributed by atoms with van der Waals surface area (Å²) in [7, 11) is 0. The van der Waals surface area contributed by atoms with Crippen LogP contribution in [0.4, 0.5) is 4.79 Å². The van der Waals surface area contributed by atoms with Crippen molar-refractivity contribution in [1.82, 2.24) is 10.6 Å². The summed E-state index contributed by atoms with van der Waals surface area (Å²) < 4.78 is 5.12. The fourth-order valence-electron chi connectivity index (χ4n) is 1.19. The molecule has 1 heterocycles. The van der Waals surface area contributed by atoms with E-state index >= 15 is 0 Å². The Bertz CT molecular complexity index is 157. The second kappa shape index (κ2) is 5.77. The Hall–Kier alpha value is -0.810. The predicted molar refractivity (Wildman–Crippen MR) is 49.4 cm³/mol. The Morgan fingerprint density at radius 2 is 2.46 bits per heavy atom. The van der Waals surface area contributed by atoms with Crippen molar-refractivity contribution in [1.29, 1.82) is 0 Å². The molecule has 13 heavy (non-hydrogen) atoms.